The summed E-state index contributed by atoms with van der Waals surface area (Å²) >= 11 is 0. The van der Waals surface area contributed by atoms with E-state index in [4.69, 9.17) is 19.4 Å². The fraction of sp³-hybridized carbons (Fsp3) is 0.490. The average Bonchev–Trinajstić information content (AvgIpc) is 4.15. The molecule has 336 valence electrons. The zero-order valence-electron chi connectivity index (χ0n) is 37.5. The number of ketones is 1. The molecule has 1 spiro atoms. The van der Waals surface area contributed by atoms with Gasteiger partial charge in [-0.05, 0) is 109 Å². The van der Waals surface area contributed by atoms with Gasteiger partial charge in [-0.2, -0.15) is 0 Å². The van der Waals surface area contributed by atoms with Crippen LogP contribution in [-0.4, -0.2) is 98.9 Å². The molecule has 0 bridgehead atoms. The number of benzene rings is 3. The van der Waals surface area contributed by atoms with Gasteiger partial charge in [0.1, 0.15) is 23.7 Å². The molecule has 1 unspecified atom stereocenters. The van der Waals surface area contributed by atoms with Crippen molar-refractivity contribution >= 4 is 51.9 Å². The largest absolute Gasteiger partial charge is 0.453 e. The first kappa shape index (κ1) is 43.0. The number of methoxy groups -OCH3 is 2. The number of Topliss-reactive ketones (excluding diaryl/α,β-unsaturated/α-hetero) is 1. The molecule has 2 aromatic heterocycles. The lowest BCUT2D eigenvalue weighted by Crippen LogP contribution is -2.51. The molecule has 15 nitrogen and oxygen atoms in total. The highest BCUT2D eigenvalue weighted by Crippen LogP contribution is 2.53. The van der Waals surface area contributed by atoms with Crippen molar-refractivity contribution in [2.24, 2.45) is 17.3 Å². The fourth-order valence-corrected chi connectivity index (χ4v) is 10.8. The molecule has 64 heavy (non-hydrogen) atoms. The fourth-order valence-electron chi connectivity index (χ4n) is 10.8. The molecule has 4 amide bonds. The van der Waals surface area contributed by atoms with Gasteiger partial charge in [0.05, 0.1) is 48.4 Å². The van der Waals surface area contributed by atoms with E-state index in [1.165, 1.54) is 14.2 Å². The number of fused-ring (bicyclic) bond motifs is 3. The van der Waals surface area contributed by atoms with Crippen molar-refractivity contribution in [2.75, 3.05) is 27.3 Å². The number of aromatic amines is 2. The summed E-state index contributed by atoms with van der Waals surface area (Å²) in [6, 6.07) is 14.5. The van der Waals surface area contributed by atoms with Gasteiger partial charge in [-0.1, -0.05) is 64.8 Å². The van der Waals surface area contributed by atoms with E-state index in [2.05, 4.69) is 50.9 Å². The quantitative estimate of drug-likeness (QED) is 0.107. The van der Waals surface area contributed by atoms with Crippen LogP contribution in [0.5, 0.6) is 0 Å². The zero-order chi connectivity index (χ0) is 45.0. The van der Waals surface area contributed by atoms with E-state index in [-0.39, 0.29) is 41.5 Å². The minimum atomic E-state index is -0.726. The number of carbonyl (C=O) groups is 5. The van der Waals surface area contributed by atoms with Gasteiger partial charge in [0.15, 0.2) is 5.78 Å². The maximum Gasteiger partial charge on any atom is 0.407 e. The number of rotatable bonds is 10. The highest BCUT2D eigenvalue weighted by molar-refractivity contribution is 6.12. The van der Waals surface area contributed by atoms with Crippen LogP contribution in [0.1, 0.15) is 119 Å². The Kier molecular flexibility index (Phi) is 11.5. The molecule has 2 saturated heterocycles. The number of imidazole rings is 2. The van der Waals surface area contributed by atoms with Crippen molar-refractivity contribution in [2.45, 2.75) is 110 Å². The highest BCUT2D eigenvalue weighted by atomic mass is 16.5. The summed E-state index contributed by atoms with van der Waals surface area (Å²) < 4.78 is 9.62. The summed E-state index contributed by atoms with van der Waals surface area (Å²) in [4.78, 5) is 87.3. The lowest BCUT2D eigenvalue weighted by atomic mass is 9.81. The Morgan fingerprint density at radius 3 is 1.62 bits per heavy atom. The predicted octanol–water partition coefficient (Wildman–Crippen LogP) is 8.16. The van der Waals surface area contributed by atoms with E-state index < -0.39 is 29.7 Å². The van der Waals surface area contributed by atoms with Gasteiger partial charge in [0, 0.05) is 24.1 Å². The molecule has 0 radical (unpaired) electrons. The summed E-state index contributed by atoms with van der Waals surface area (Å²) in [5.74, 6) is 1.03. The van der Waals surface area contributed by atoms with Gasteiger partial charge in [-0.25, -0.2) is 19.6 Å². The molecule has 15 heteroatoms. The van der Waals surface area contributed by atoms with E-state index in [0.717, 1.165) is 107 Å². The number of hydrogen-bond acceptors (Lipinski definition) is 9. The van der Waals surface area contributed by atoms with Gasteiger partial charge in [-0.3, -0.25) is 14.4 Å². The summed E-state index contributed by atoms with van der Waals surface area (Å²) in [6.45, 7) is 8.73. The number of alkyl carbamates (subject to hydrolysis) is 2. The van der Waals surface area contributed by atoms with Crippen LogP contribution in [0.3, 0.4) is 0 Å². The number of amides is 4. The number of ether oxygens (including phenoxy) is 2. The van der Waals surface area contributed by atoms with Gasteiger partial charge < -0.3 is 39.9 Å². The number of aromatic nitrogens is 4. The van der Waals surface area contributed by atoms with Crippen LogP contribution in [0, 0.1) is 17.3 Å². The molecule has 3 fully saturated rings. The first-order valence-corrected chi connectivity index (χ1v) is 22.8. The van der Waals surface area contributed by atoms with Crippen LogP contribution in [-0.2, 0) is 25.5 Å². The van der Waals surface area contributed by atoms with E-state index in [1.807, 2.05) is 55.7 Å². The third-order valence-corrected chi connectivity index (χ3v) is 14.2. The maximum atomic E-state index is 14.8. The number of nitrogens with one attached hydrogen (secondary N) is 4. The lowest BCUT2D eigenvalue weighted by molar-refractivity contribution is -0.136. The van der Waals surface area contributed by atoms with Gasteiger partial charge in [0.25, 0.3) is 0 Å². The third kappa shape index (κ3) is 7.55. The molecule has 5 aromatic rings. The molecule has 9 rings (SSSR count). The Hall–Kier alpha value is -6.25. The first-order valence-electron chi connectivity index (χ1n) is 22.8. The topological polar surface area (TPSA) is 192 Å². The number of H-pyrrole nitrogens is 2. The molecule has 1 saturated carbocycles. The second kappa shape index (κ2) is 17.0. The van der Waals surface area contributed by atoms with Crippen LogP contribution in [0.4, 0.5) is 9.59 Å². The Balaban J connectivity index is 1.03. The number of nitrogens with zero attached hydrogens (tertiary/aromatic N) is 4. The summed E-state index contributed by atoms with van der Waals surface area (Å²) in [5.41, 5.74) is 8.50. The Labute approximate surface area is 372 Å². The zero-order valence-corrected chi connectivity index (χ0v) is 37.5. The smallest absolute Gasteiger partial charge is 0.407 e. The molecule has 4 atom stereocenters. The third-order valence-electron chi connectivity index (χ3n) is 14.2. The molecule has 2 aliphatic carbocycles. The average molecular weight is 871 g/mol. The van der Waals surface area contributed by atoms with E-state index in [0.29, 0.717) is 31.2 Å². The Morgan fingerprint density at radius 1 is 0.688 bits per heavy atom. The summed E-state index contributed by atoms with van der Waals surface area (Å²) in [5, 5.41) is 5.44. The SMILES string of the molecule is COC(=O)N[C@H](C(=O)N1CCCC1c1nc2ccc(-c3ccc(-c4ccc5nc([C@@H]6CCCN6C(=O)[C@@H](NC(=O)OC)C(C)C)[nH]c5c4)c4c3C(=O)C3(CCCC3)C4)cc2[nH]1)C(C)C. The minimum Gasteiger partial charge on any atom is -0.453 e. The lowest BCUT2D eigenvalue weighted by Gasteiger charge is -2.29. The van der Waals surface area contributed by atoms with Gasteiger partial charge in [0.2, 0.25) is 11.8 Å². The second-order valence-electron chi connectivity index (χ2n) is 18.8. The second-order valence-corrected chi connectivity index (χ2v) is 18.8. The molecule has 4 N–H and O–H groups in total. The maximum absolute atomic E-state index is 14.8. The standard InChI is InChI=1S/C49H58N8O7/c1-26(2)40(54-47(61)63-5)45(59)56-21-9-11-37(56)43-50-33-17-13-28(23-35(33)52-43)30-15-16-31(39-32(30)25-49(42(39)58)19-7-8-20-49)29-14-18-34-36(24-29)53-44(51-34)38-12-10-22-57(38)46(60)41(27(3)4)55-48(62)64-6/h13-18,23-24,26-27,37-38,40-41H,7-12,19-22,25H2,1-6H3,(H,50,52)(H,51,53)(H,54,61)(H,55,62)/t37-,38?,40-,41-/m0/s1. The van der Waals surface area contributed by atoms with Crippen molar-refractivity contribution in [1.82, 2.24) is 40.4 Å². The van der Waals surface area contributed by atoms with Crippen molar-refractivity contribution in [3.05, 3.63) is 71.3 Å². The van der Waals surface area contributed by atoms with Crippen molar-refractivity contribution < 1.29 is 33.4 Å². The van der Waals surface area contributed by atoms with Crippen LogP contribution < -0.4 is 10.6 Å². The summed E-state index contributed by atoms with van der Waals surface area (Å²) in [6.07, 6.45) is 6.35. The molecule has 4 aliphatic rings. The Bertz CT molecular complexity index is 2660. The molecule has 3 aromatic carbocycles. The van der Waals surface area contributed by atoms with E-state index in [1.54, 1.807) is 0 Å². The predicted molar refractivity (Wildman–Crippen MR) is 241 cm³/mol. The minimum absolute atomic E-state index is 0.134. The van der Waals surface area contributed by atoms with Gasteiger partial charge in [-0.15, -0.1) is 0 Å². The summed E-state index contributed by atoms with van der Waals surface area (Å²) in [7, 11) is 2.58. The monoisotopic (exact) mass is 870 g/mol. The highest BCUT2D eigenvalue weighted by Gasteiger charge is 2.49. The Morgan fingerprint density at radius 2 is 1.16 bits per heavy atom. The number of likely N-dealkylation sites (tertiary alicyclic amines) is 2. The van der Waals surface area contributed by atoms with Crippen LogP contribution >= 0.6 is 0 Å². The first-order chi connectivity index (χ1) is 30.8. The molecular formula is C49H58N8O7. The number of hydrogen-bond donors (Lipinski definition) is 4. The molecule has 4 heterocycles. The van der Waals surface area contributed by atoms with Crippen LogP contribution in [0.15, 0.2) is 48.5 Å². The molecule has 2 aliphatic heterocycles. The van der Waals surface area contributed by atoms with Crippen LogP contribution in [0.25, 0.3) is 44.3 Å². The number of carbonyl (C=O) groups excluding carboxylic acids is 5. The molecular weight excluding hydrogens is 813 g/mol. The van der Waals surface area contributed by atoms with E-state index >= 15 is 0 Å². The van der Waals surface area contributed by atoms with Crippen LogP contribution in [0.2, 0.25) is 0 Å². The normalized spacial score (nSPS) is 20.2. The van der Waals surface area contributed by atoms with Crippen molar-refractivity contribution in [3.63, 3.8) is 0 Å². The van der Waals surface area contributed by atoms with Crippen molar-refractivity contribution in [3.8, 4) is 22.3 Å². The van der Waals surface area contributed by atoms with Crippen molar-refractivity contribution in [1.29, 1.82) is 0 Å². The van der Waals surface area contributed by atoms with Gasteiger partial charge >= 0.3 is 12.2 Å². The van der Waals surface area contributed by atoms with E-state index in [9.17, 15) is 24.0 Å².